The summed E-state index contributed by atoms with van der Waals surface area (Å²) in [6.07, 6.45) is -0.554. The smallest absolute Gasteiger partial charge is 0.305 e. The van der Waals surface area contributed by atoms with Crippen LogP contribution in [0.2, 0.25) is 0 Å². The largest absolute Gasteiger partial charge is 0.481 e. The molecule has 124 valence electrons. The number of ether oxygens (including phenoxy) is 1. The first-order valence-electron chi connectivity index (χ1n) is 7.55. The third-order valence-corrected chi connectivity index (χ3v) is 3.91. The number of carboxylic acid groups (broad SMARTS) is 1. The number of rotatable bonds is 5. The molecule has 1 heterocycles. The first-order valence-corrected chi connectivity index (χ1v) is 7.55. The van der Waals surface area contributed by atoms with Crippen LogP contribution in [-0.4, -0.2) is 23.1 Å². The van der Waals surface area contributed by atoms with Crippen molar-refractivity contribution in [2.24, 2.45) is 0 Å². The Bertz CT molecular complexity index is 735. The van der Waals surface area contributed by atoms with Gasteiger partial charge in [-0.05, 0) is 29.3 Å². The number of carboxylic acids is 1. The number of amides is 1. The van der Waals surface area contributed by atoms with E-state index in [1.54, 1.807) is 6.07 Å². The second-order valence-electron chi connectivity index (χ2n) is 5.63. The topological polar surface area (TPSA) is 75.6 Å². The van der Waals surface area contributed by atoms with Gasteiger partial charge in [-0.3, -0.25) is 9.59 Å². The van der Waals surface area contributed by atoms with E-state index in [0.717, 1.165) is 5.56 Å². The highest BCUT2D eigenvalue weighted by atomic mass is 19.1. The zero-order valence-corrected chi connectivity index (χ0v) is 12.7. The molecule has 0 unspecified atom stereocenters. The fourth-order valence-corrected chi connectivity index (χ4v) is 2.71. The lowest BCUT2D eigenvalue weighted by molar-refractivity contribution is -0.138. The van der Waals surface area contributed by atoms with E-state index in [9.17, 15) is 14.0 Å². The van der Waals surface area contributed by atoms with E-state index in [-0.39, 0.29) is 12.3 Å². The number of hydrogen-bond acceptors (Lipinski definition) is 3. The Morgan fingerprint density at radius 2 is 1.92 bits per heavy atom. The summed E-state index contributed by atoms with van der Waals surface area (Å²) in [6, 6.07) is 12.0. The molecule has 24 heavy (non-hydrogen) atoms. The van der Waals surface area contributed by atoms with Crippen LogP contribution >= 0.6 is 0 Å². The maximum Gasteiger partial charge on any atom is 0.305 e. The maximum atomic E-state index is 13.0. The Balaban J connectivity index is 1.72. The third-order valence-electron chi connectivity index (χ3n) is 3.91. The Morgan fingerprint density at radius 3 is 2.58 bits per heavy atom. The Kier molecular flexibility index (Phi) is 4.46. The van der Waals surface area contributed by atoms with E-state index < -0.39 is 23.9 Å². The monoisotopic (exact) mass is 329 g/mol. The number of fused-ring (bicyclic) bond motifs is 1. The van der Waals surface area contributed by atoms with Crippen molar-refractivity contribution in [2.45, 2.75) is 25.0 Å². The van der Waals surface area contributed by atoms with Crippen molar-refractivity contribution in [3.05, 3.63) is 65.5 Å². The van der Waals surface area contributed by atoms with E-state index in [0.29, 0.717) is 17.7 Å². The molecule has 1 amide bonds. The van der Waals surface area contributed by atoms with Gasteiger partial charge in [-0.25, -0.2) is 4.39 Å². The average Bonchev–Trinajstić information content (AvgIpc) is 2.98. The molecule has 0 aromatic heterocycles. The van der Waals surface area contributed by atoms with Crippen molar-refractivity contribution in [3.63, 3.8) is 0 Å². The van der Waals surface area contributed by atoms with Crippen LogP contribution in [0.4, 0.5) is 4.39 Å². The van der Waals surface area contributed by atoms with Gasteiger partial charge in [0.05, 0.1) is 12.5 Å². The van der Waals surface area contributed by atoms with Gasteiger partial charge in [-0.1, -0.05) is 30.3 Å². The standard InChI is InChI=1S/C18H16FNO4/c19-13-7-5-11(6-8-13)14(10-17(21)22)20-18(23)16-9-12-3-1-2-4-15(12)24-16/h1-8,14,16H,9-10H2,(H,20,23)(H,21,22)/t14-,16-/m0/s1. The van der Waals surface area contributed by atoms with Crippen molar-refractivity contribution in [1.29, 1.82) is 0 Å². The average molecular weight is 329 g/mol. The molecule has 0 saturated heterocycles. The van der Waals surface area contributed by atoms with Crippen LogP contribution in [0, 0.1) is 5.82 Å². The number of aliphatic carboxylic acids is 1. The van der Waals surface area contributed by atoms with Crippen molar-refractivity contribution in [3.8, 4) is 5.75 Å². The SMILES string of the molecule is O=C(O)C[C@H](NC(=O)[C@@H]1Cc2ccccc2O1)c1ccc(F)cc1. The van der Waals surface area contributed by atoms with E-state index in [1.165, 1.54) is 24.3 Å². The lowest BCUT2D eigenvalue weighted by Gasteiger charge is -2.20. The van der Waals surface area contributed by atoms with E-state index in [1.807, 2.05) is 18.2 Å². The number of benzene rings is 2. The zero-order valence-electron chi connectivity index (χ0n) is 12.7. The van der Waals surface area contributed by atoms with Gasteiger partial charge in [-0.2, -0.15) is 0 Å². The fourth-order valence-electron chi connectivity index (χ4n) is 2.71. The summed E-state index contributed by atoms with van der Waals surface area (Å²) in [7, 11) is 0. The lowest BCUT2D eigenvalue weighted by atomic mass is 10.0. The molecule has 1 aliphatic heterocycles. The van der Waals surface area contributed by atoms with Gasteiger partial charge in [-0.15, -0.1) is 0 Å². The molecule has 0 spiro atoms. The number of hydrogen-bond donors (Lipinski definition) is 2. The second-order valence-corrected chi connectivity index (χ2v) is 5.63. The fraction of sp³-hybridized carbons (Fsp3) is 0.222. The lowest BCUT2D eigenvalue weighted by Crippen LogP contribution is -2.40. The normalized spacial score (nSPS) is 16.8. The van der Waals surface area contributed by atoms with Gasteiger partial charge in [0.15, 0.2) is 6.10 Å². The quantitative estimate of drug-likeness (QED) is 0.883. The highest BCUT2D eigenvalue weighted by Crippen LogP contribution is 2.28. The van der Waals surface area contributed by atoms with E-state index >= 15 is 0 Å². The van der Waals surface area contributed by atoms with Gasteiger partial charge >= 0.3 is 5.97 Å². The molecular weight excluding hydrogens is 313 g/mol. The predicted molar refractivity (Wildman–Crippen MR) is 84.1 cm³/mol. The van der Waals surface area contributed by atoms with Crippen molar-refractivity contribution in [1.82, 2.24) is 5.32 Å². The van der Waals surface area contributed by atoms with Crippen LogP contribution in [0.25, 0.3) is 0 Å². The van der Waals surface area contributed by atoms with Crippen LogP contribution in [0.15, 0.2) is 48.5 Å². The molecular formula is C18H16FNO4. The summed E-state index contributed by atoms with van der Waals surface area (Å²) < 4.78 is 18.7. The number of para-hydroxylation sites is 1. The maximum absolute atomic E-state index is 13.0. The zero-order chi connectivity index (χ0) is 17.1. The molecule has 1 aliphatic rings. The van der Waals surface area contributed by atoms with Crippen molar-refractivity contribution >= 4 is 11.9 Å². The molecule has 0 saturated carbocycles. The Morgan fingerprint density at radius 1 is 1.21 bits per heavy atom. The molecule has 3 rings (SSSR count). The molecule has 0 fully saturated rings. The van der Waals surface area contributed by atoms with Gasteiger partial charge < -0.3 is 15.2 Å². The van der Waals surface area contributed by atoms with Crippen LogP contribution < -0.4 is 10.1 Å². The molecule has 2 N–H and O–H groups in total. The molecule has 0 bridgehead atoms. The Labute approximate surface area is 138 Å². The summed E-state index contributed by atoms with van der Waals surface area (Å²) in [5.41, 5.74) is 1.47. The number of carbonyl (C=O) groups is 2. The molecule has 2 aromatic carbocycles. The summed E-state index contributed by atoms with van der Waals surface area (Å²) in [4.78, 5) is 23.5. The Hall–Kier alpha value is -2.89. The molecule has 0 radical (unpaired) electrons. The number of carbonyl (C=O) groups excluding carboxylic acids is 1. The first kappa shape index (κ1) is 16.0. The number of halogens is 1. The number of nitrogens with one attached hydrogen (secondary N) is 1. The van der Waals surface area contributed by atoms with Gasteiger partial charge in [0.25, 0.3) is 5.91 Å². The highest BCUT2D eigenvalue weighted by Gasteiger charge is 2.30. The van der Waals surface area contributed by atoms with Crippen molar-refractivity contribution in [2.75, 3.05) is 0 Å². The van der Waals surface area contributed by atoms with Crippen LogP contribution in [-0.2, 0) is 16.0 Å². The van der Waals surface area contributed by atoms with Crippen LogP contribution in [0.3, 0.4) is 0 Å². The molecule has 2 atom stereocenters. The molecule has 2 aromatic rings. The van der Waals surface area contributed by atoms with Crippen LogP contribution in [0.5, 0.6) is 5.75 Å². The van der Waals surface area contributed by atoms with Gasteiger partial charge in [0, 0.05) is 6.42 Å². The molecule has 0 aliphatic carbocycles. The van der Waals surface area contributed by atoms with E-state index in [2.05, 4.69) is 5.32 Å². The summed E-state index contributed by atoms with van der Waals surface area (Å²) in [5.74, 6) is -1.20. The van der Waals surface area contributed by atoms with Crippen LogP contribution in [0.1, 0.15) is 23.6 Å². The predicted octanol–water partition coefficient (Wildman–Crippen LogP) is 2.46. The second kappa shape index (κ2) is 6.70. The minimum atomic E-state index is -1.06. The summed E-state index contributed by atoms with van der Waals surface area (Å²) in [6.45, 7) is 0. The van der Waals surface area contributed by atoms with E-state index in [4.69, 9.17) is 9.84 Å². The minimum Gasteiger partial charge on any atom is -0.481 e. The third kappa shape index (κ3) is 3.53. The first-order chi connectivity index (χ1) is 11.5. The van der Waals surface area contributed by atoms with Gasteiger partial charge in [0.1, 0.15) is 11.6 Å². The summed E-state index contributed by atoms with van der Waals surface area (Å²) >= 11 is 0. The highest BCUT2D eigenvalue weighted by molar-refractivity contribution is 5.83. The minimum absolute atomic E-state index is 0.295. The molecule has 6 heteroatoms. The summed E-state index contributed by atoms with van der Waals surface area (Å²) in [5, 5.41) is 11.8. The van der Waals surface area contributed by atoms with Gasteiger partial charge in [0.2, 0.25) is 0 Å². The molecule has 5 nitrogen and oxygen atoms in total. The van der Waals surface area contributed by atoms with Crippen molar-refractivity contribution < 1.29 is 23.8 Å².